The van der Waals surface area contributed by atoms with Gasteiger partial charge in [0.2, 0.25) is 0 Å². The van der Waals surface area contributed by atoms with E-state index in [9.17, 15) is 4.79 Å². The minimum Gasteiger partial charge on any atom is -0.317 e. The van der Waals surface area contributed by atoms with Gasteiger partial charge in [-0.25, -0.2) is 0 Å². The van der Waals surface area contributed by atoms with Crippen LogP contribution in [0, 0.1) is 5.92 Å². The van der Waals surface area contributed by atoms with Gasteiger partial charge in [0.15, 0.2) is 0 Å². The van der Waals surface area contributed by atoms with Gasteiger partial charge in [0.25, 0.3) is 0 Å². The van der Waals surface area contributed by atoms with Gasteiger partial charge >= 0.3 is 0 Å². The normalized spacial score (nSPS) is 9.88. The predicted octanol–water partition coefficient (Wildman–Crippen LogP) is 4.04. The Morgan fingerprint density at radius 1 is 1.12 bits per heavy atom. The SMILES string of the molecule is CC.CCNCCCCCCC(=O)C(C)C.[HH]. The van der Waals surface area contributed by atoms with E-state index in [1.165, 1.54) is 19.3 Å². The highest BCUT2D eigenvalue weighted by Crippen LogP contribution is 2.07. The van der Waals surface area contributed by atoms with Crippen LogP contribution in [-0.2, 0) is 4.79 Å². The fourth-order valence-electron chi connectivity index (χ4n) is 1.37. The second-order valence-electron chi connectivity index (χ2n) is 4.14. The number of hydrogen-bond donors (Lipinski definition) is 1. The van der Waals surface area contributed by atoms with Crippen molar-refractivity contribution in [1.29, 1.82) is 0 Å². The van der Waals surface area contributed by atoms with Gasteiger partial charge in [-0.3, -0.25) is 4.79 Å². The van der Waals surface area contributed by atoms with Crippen molar-refractivity contribution in [2.24, 2.45) is 5.92 Å². The zero-order valence-electron chi connectivity index (χ0n) is 11.9. The fraction of sp³-hybridized carbons (Fsp3) is 0.929. The summed E-state index contributed by atoms with van der Waals surface area (Å²) in [6, 6.07) is 0. The van der Waals surface area contributed by atoms with Gasteiger partial charge in [-0.1, -0.05) is 47.5 Å². The second-order valence-corrected chi connectivity index (χ2v) is 4.14. The lowest BCUT2D eigenvalue weighted by Crippen LogP contribution is -2.13. The van der Waals surface area contributed by atoms with Crippen LogP contribution in [0.15, 0.2) is 0 Å². The average Bonchev–Trinajstić information content (AvgIpc) is 2.30. The van der Waals surface area contributed by atoms with Crippen molar-refractivity contribution in [3.05, 3.63) is 0 Å². The summed E-state index contributed by atoms with van der Waals surface area (Å²) in [6.45, 7) is 12.3. The lowest BCUT2D eigenvalue weighted by molar-refractivity contribution is -0.122. The van der Waals surface area contributed by atoms with Crippen LogP contribution in [0.4, 0.5) is 0 Å². The molecule has 0 aromatic heterocycles. The quantitative estimate of drug-likeness (QED) is 0.607. The zero-order chi connectivity index (χ0) is 12.8. The lowest BCUT2D eigenvalue weighted by Gasteiger charge is -2.04. The molecule has 0 saturated carbocycles. The minimum atomic E-state index is 0. The molecule has 0 aliphatic rings. The smallest absolute Gasteiger partial charge is 0.135 e. The molecule has 0 bridgehead atoms. The molecule has 0 heterocycles. The number of hydrogen-bond acceptors (Lipinski definition) is 2. The first-order valence-corrected chi connectivity index (χ1v) is 6.92. The van der Waals surface area contributed by atoms with Crippen molar-refractivity contribution in [2.75, 3.05) is 13.1 Å². The van der Waals surface area contributed by atoms with E-state index in [4.69, 9.17) is 0 Å². The van der Waals surface area contributed by atoms with E-state index in [1.54, 1.807) is 0 Å². The standard InChI is InChI=1S/C12H25NO.C2H6.H2/c1-4-13-10-8-6-5-7-9-12(14)11(2)3;1-2;/h11,13H,4-10H2,1-3H3;1-2H3;1H. The third-order valence-electron chi connectivity index (χ3n) is 2.42. The van der Waals surface area contributed by atoms with Crippen LogP contribution in [-0.4, -0.2) is 18.9 Å². The number of ketones is 1. The Bertz CT molecular complexity index is 149. The summed E-state index contributed by atoms with van der Waals surface area (Å²) in [5.41, 5.74) is 0. The van der Waals surface area contributed by atoms with Crippen molar-refractivity contribution in [1.82, 2.24) is 5.32 Å². The van der Waals surface area contributed by atoms with Crippen molar-refractivity contribution in [3.8, 4) is 0 Å². The molecule has 2 nitrogen and oxygen atoms in total. The Morgan fingerprint density at radius 2 is 1.69 bits per heavy atom. The summed E-state index contributed by atoms with van der Waals surface area (Å²) in [5, 5.41) is 3.30. The first-order chi connectivity index (χ1) is 7.68. The van der Waals surface area contributed by atoms with Crippen molar-refractivity contribution >= 4 is 5.78 Å². The molecular weight excluding hydrogens is 198 g/mol. The Balaban J connectivity index is -0.000000616. The van der Waals surface area contributed by atoms with Crippen LogP contribution in [0.5, 0.6) is 0 Å². The van der Waals surface area contributed by atoms with E-state index < -0.39 is 0 Å². The molecule has 0 amide bonds. The monoisotopic (exact) mass is 231 g/mol. The molecule has 100 valence electrons. The summed E-state index contributed by atoms with van der Waals surface area (Å²) in [6.07, 6.45) is 5.54. The first kappa shape index (κ1) is 18.0. The van der Waals surface area contributed by atoms with Gasteiger partial charge in [-0.2, -0.15) is 0 Å². The fourth-order valence-corrected chi connectivity index (χ4v) is 1.37. The lowest BCUT2D eigenvalue weighted by atomic mass is 10.0. The number of carbonyl (C=O) groups excluding carboxylic acids is 1. The van der Waals surface area contributed by atoms with Gasteiger partial charge < -0.3 is 5.32 Å². The largest absolute Gasteiger partial charge is 0.317 e. The van der Waals surface area contributed by atoms with Crippen LogP contribution in [0.25, 0.3) is 0 Å². The summed E-state index contributed by atoms with van der Waals surface area (Å²) >= 11 is 0. The van der Waals surface area contributed by atoms with E-state index in [0.717, 1.165) is 25.9 Å². The minimum absolute atomic E-state index is 0. The van der Waals surface area contributed by atoms with Crippen LogP contribution in [0.3, 0.4) is 0 Å². The van der Waals surface area contributed by atoms with Crippen LogP contribution < -0.4 is 5.32 Å². The van der Waals surface area contributed by atoms with Gasteiger partial charge in [-0.05, 0) is 25.9 Å². The molecule has 0 spiro atoms. The van der Waals surface area contributed by atoms with Gasteiger partial charge in [0.1, 0.15) is 5.78 Å². The Labute approximate surface area is 104 Å². The molecule has 0 aliphatic carbocycles. The Kier molecular flexibility index (Phi) is 16.5. The van der Waals surface area contributed by atoms with E-state index in [0.29, 0.717) is 5.78 Å². The van der Waals surface area contributed by atoms with Crippen molar-refractivity contribution in [3.63, 3.8) is 0 Å². The van der Waals surface area contributed by atoms with Gasteiger partial charge in [0.05, 0.1) is 0 Å². The highest BCUT2D eigenvalue weighted by atomic mass is 16.1. The molecule has 0 fully saturated rings. The molecule has 0 rings (SSSR count). The highest BCUT2D eigenvalue weighted by Gasteiger charge is 2.05. The van der Waals surface area contributed by atoms with E-state index in [-0.39, 0.29) is 7.34 Å². The van der Waals surface area contributed by atoms with Crippen LogP contribution >= 0.6 is 0 Å². The Hall–Kier alpha value is -0.370. The maximum Gasteiger partial charge on any atom is 0.135 e. The molecule has 0 radical (unpaired) electrons. The summed E-state index contributed by atoms with van der Waals surface area (Å²) in [7, 11) is 0. The zero-order valence-corrected chi connectivity index (χ0v) is 11.9. The molecule has 0 saturated heterocycles. The maximum absolute atomic E-state index is 11.3. The number of nitrogens with one attached hydrogen (secondary N) is 1. The van der Waals surface area contributed by atoms with Gasteiger partial charge in [-0.15, -0.1) is 0 Å². The highest BCUT2D eigenvalue weighted by molar-refractivity contribution is 5.80. The number of Topliss-reactive ketones (excluding diaryl/α,β-unsaturated/α-hetero) is 1. The number of carbonyl (C=O) groups is 1. The molecule has 0 aromatic carbocycles. The van der Waals surface area contributed by atoms with Crippen molar-refractivity contribution in [2.45, 2.75) is 66.7 Å². The topological polar surface area (TPSA) is 29.1 Å². The molecule has 0 aromatic rings. The number of rotatable bonds is 9. The summed E-state index contributed by atoms with van der Waals surface area (Å²) in [5.74, 6) is 0.633. The maximum atomic E-state index is 11.3. The molecule has 2 heteroatoms. The van der Waals surface area contributed by atoms with E-state index in [2.05, 4.69) is 12.2 Å². The van der Waals surface area contributed by atoms with Crippen molar-refractivity contribution < 1.29 is 6.22 Å². The molecule has 0 unspecified atom stereocenters. The van der Waals surface area contributed by atoms with Gasteiger partial charge in [0, 0.05) is 13.8 Å². The molecule has 1 N–H and O–H groups in total. The predicted molar refractivity (Wildman–Crippen MR) is 74.9 cm³/mol. The Morgan fingerprint density at radius 3 is 2.19 bits per heavy atom. The third kappa shape index (κ3) is 13.6. The van der Waals surface area contributed by atoms with E-state index >= 15 is 0 Å². The molecule has 0 atom stereocenters. The van der Waals surface area contributed by atoms with Crippen LogP contribution in [0.2, 0.25) is 0 Å². The third-order valence-corrected chi connectivity index (χ3v) is 2.42. The van der Waals surface area contributed by atoms with E-state index in [1.807, 2.05) is 27.7 Å². The molecule has 16 heavy (non-hydrogen) atoms. The molecule has 0 aliphatic heterocycles. The summed E-state index contributed by atoms with van der Waals surface area (Å²) in [4.78, 5) is 11.3. The first-order valence-electron chi connectivity index (χ1n) is 6.92. The molecular formula is C14H33NO. The van der Waals surface area contributed by atoms with Crippen LogP contribution in [0.1, 0.15) is 68.1 Å². The number of unbranched alkanes of at least 4 members (excludes halogenated alkanes) is 3. The average molecular weight is 231 g/mol. The second kappa shape index (κ2) is 14.6. The summed E-state index contributed by atoms with van der Waals surface area (Å²) < 4.78 is 0.